The van der Waals surface area contributed by atoms with E-state index in [1.165, 1.54) is 29.2 Å². The summed E-state index contributed by atoms with van der Waals surface area (Å²) >= 11 is 2.06. The van der Waals surface area contributed by atoms with Gasteiger partial charge in [-0.25, -0.2) is 0 Å². The van der Waals surface area contributed by atoms with Crippen LogP contribution in [0, 0.1) is 5.92 Å². The Labute approximate surface area is 118 Å². The van der Waals surface area contributed by atoms with E-state index in [1.807, 2.05) is 4.90 Å². The molecule has 1 unspecified atom stereocenters. The number of fused-ring (bicyclic) bond motifs is 1. The summed E-state index contributed by atoms with van der Waals surface area (Å²) in [6.07, 6.45) is 2.31. The van der Waals surface area contributed by atoms with Crippen molar-refractivity contribution in [1.82, 2.24) is 0 Å². The van der Waals surface area contributed by atoms with E-state index in [4.69, 9.17) is 0 Å². The number of carbonyl (C=O) groups is 1. The number of nitrogens with zero attached hydrogens (tertiary/aromatic N) is 1. The number of rotatable bonds is 3. The summed E-state index contributed by atoms with van der Waals surface area (Å²) < 4.78 is 0. The van der Waals surface area contributed by atoms with E-state index in [1.54, 1.807) is 6.92 Å². The fraction of sp³-hybridized carbons (Fsp3) is 0.533. The molecule has 1 amide bonds. The molecule has 2 heterocycles. The molecular weight excluding hydrogens is 256 g/mol. The molecule has 3 nitrogen and oxygen atoms in total. The molecule has 0 radical (unpaired) electrons. The molecule has 102 valence electrons. The topological polar surface area (TPSA) is 32.3 Å². The first-order chi connectivity index (χ1) is 9.24. The van der Waals surface area contributed by atoms with Gasteiger partial charge in [0.25, 0.3) is 0 Å². The molecule has 4 heteroatoms. The van der Waals surface area contributed by atoms with Crippen molar-refractivity contribution in [3.63, 3.8) is 0 Å². The lowest BCUT2D eigenvalue weighted by Gasteiger charge is -2.16. The average molecular weight is 276 g/mol. The van der Waals surface area contributed by atoms with Gasteiger partial charge in [0.15, 0.2) is 0 Å². The first-order valence-electron chi connectivity index (χ1n) is 6.96. The van der Waals surface area contributed by atoms with E-state index in [9.17, 15) is 4.79 Å². The Bertz CT molecular complexity index is 483. The summed E-state index contributed by atoms with van der Waals surface area (Å²) in [5, 5.41) is 3.54. The van der Waals surface area contributed by atoms with Gasteiger partial charge in [-0.1, -0.05) is 0 Å². The van der Waals surface area contributed by atoms with Crippen molar-refractivity contribution in [2.45, 2.75) is 19.8 Å². The van der Waals surface area contributed by atoms with Crippen molar-refractivity contribution in [2.75, 3.05) is 34.8 Å². The van der Waals surface area contributed by atoms with Gasteiger partial charge in [0.2, 0.25) is 5.91 Å². The molecule has 0 saturated carbocycles. The van der Waals surface area contributed by atoms with Crippen LogP contribution in [0.25, 0.3) is 0 Å². The highest BCUT2D eigenvalue weighted by Gasteiger charge is 2.22. The van der Waals surface area contributed by atoms with Crippen LogP contribution in [-0.4, -0.2) is 30.5 Å². The Kier molecular flexibility index (Phi) is 3.69. The fourth-order valence-corrected chi connectivity index (χ4v) is 4.13. The Morgan fingerprint density at radius 3 is 3.16 bits per heavy atom. The molecule has 1 aromatic carbocycles. The van der Waals surface area contributed by atoms with Gasteiger partial charge in [-0.2, -0.15) is 11.8 Å². The number of anilines is 2. The molecule has 0 aromatic heterocycles. The minimum atomic E-state index is 0.141. The molecule has 1 atom stereocenters. The van der Waals surface area contributed by atoms with E-state index < -0.39 is 0 Å². The van der Waals surface area contributed by atoms with Crippen LogP contribution in [0.1, 0.15) is 18.9 Å². The van der Waals surface area contributed by atoms with Crippen LogP contribution in [0.2, 0.25) is 0 Å². The van der Waals surface area contributed by atoms with Gasteiger partial charge in [-0.05, 0) is 54.0 Å². The second-order valence-electron chi connectivity index (χ2n) is 5.37. The minimum Gasteiger partial charge on any atom is -0.385 e. The molecule has 0 spiro atoms. The fourth-order valence-electron chi connectivity index (χ4n) is 2.85. The number of hydrogen-bond acceptors (Lipinski definition) is 3. The van der Waals surface area contributed by atoms with Crippen molar-refractivity contribution < 1.29 is 4.79 Å². The highest BCUT2D eigenvalue weighted by molar-refractivity contribution is 7.99. The minimum absolute atomic E-state index is 0.141. The maximum Gasteiger partial charge on any atom is 0.223 e. The molecule has 2 aliphatic rings. The Balaban J connectivity index is 1.66. The van der Waals surface area contributed by atoms with E-state index in [-0.39, 0.29) is 5.91 Å². The lowest BCUT2D eigenvalue weighted by molar-refractivity contribution is -0.116. The number of hydrogen-bond donors (Lipinski definition) is 1. The normalized spacial score (nSPS) is 21.5. The van der Waals surface area contributed by atoms with Gasteiger partial charge in [0, 0.05) is 31.4 Å². The predicted molar refractivity (Wildman–Crippen MR) is 82.1 cm³/mol. The van der Waals surface area contributed by atoms with Gasteiger partial charge in [-0.3, -0.25) is 4.79 Å². The summed E-state index contributed by atoms with van der Waals surface area (Å²) in [4.78, 5) is 13.4. The molecule has 3 rings (SSSR count). The SMILES string of the molecule is CC(=O)N1CCc2cc(NCC3CCSC3)ccc21. The second kappa shape index (κ2) is 5.45. The molecule has 1 aromatic rings. The lowest BCUT2D eigenvalue weighted by atomic mass is 10.1. The number of carbonyl (C=O) groups excluding carboxylic acids is 1. The van der Waals surface area contributed by atoms with Gasteiger partial charge >= 0.3 is 0 Å². The molecule has 2 aliphatic heterocycles. The Hall–Kier alpha value is -1.16. The molecular formula is C15H20N2OS. The zero-order valence-corrected chi connectivity index (χ0v) is 12.1. The number of thioether (sulfide) groups is 1. The van der Waals surface area contributed by atoms with Crippen molar-refractivity contribution in [2.24, 2.45) is 5.92 Å². The maximum absolute atomic E-state index is 11.5. The molecule has 0 aliphatic carbocycles. The van der Waals surface area contributed by atoms with Crippen LogP contribution in [0.4, 0.5) is 11.4 Å². The van der Waals surface area contributed by atoms with Crippen LogP contribution in [0.3, 0.4) is 0 Å². The highest BCUT2D eigenvalue weighted by atomic mass is 32.2. The van der Waals surface area contributed by atoms with Crippen LogP contribution in [0.15, 0.2) is 18.2 Å². The molecule has 1 fully saturated rings. The summed E-state index contributed by atoms with van der Waals surface area (Å²) in [7, 11) is 0. The highest BCUT2D eigenvalue weighted by Crippen LogP contribution is 2.31. The first kappa shape index (κ1) is 12.9. The van der Waals surface area contributed by atoms with Crippen molar-refractivity contribution in [1.29, 1.82) is 0 Å². The first-order valence-corrected chi connectivity index (χ1v) is 8.12. The molecule has 1 N–H and O–H groups in total. The number of benzene rings is 1. The van der Waals surface area contributed by atoms with Gasteiger partial charge in [0.1, 0.15) is 0 Å². The largest absolute Gasteiger partial charge is 0.385 e. The van der Waals surface area contributed by atoms with Crippen LogP contribution in [0.5, 0.6) is 0 Å². The standard InChI is InChI=1S/C15H20N2OS/c1-11(18)17-6-4-13-8-14(2-3-15(13)17)16-9-12-5-7-19-10-12/h2-3,8,12,16H,4-7,9-10H2,1H3. The number of nitrogens with one attached hydrogen (secondary N) is 1. The van der Waals surface area contributed by atoms with Crippen LogP contribution >= 0.6 is 11.8 Å². The second-order valence-corrected chi connectivity index (χ2v) is 6.52. The predicted octanol–water partition coefficient (Wildman–Crippen LogP) is 2.76. The van der Waals surface area contributed by atoms with Crippen molar-refractivity contribution in [3.05, 3.63) is 23.8 Å². The van der Waals surface area contributed by atoms with Crippen molar-refractivity contribution in [3.8, 4) is 0 Å². The quantitative estimate of drug-likeness (QED) is 0.921. The lowest BCUT2D eigenvalue weighted by Crippen LogP contribution is -2.25. The third-order valence-electron chi connectivity index (χ3n) is 3.97. The van der Waals surface area contributed by atoms with Crippen LogP contribution < -0.4 is 10.2 Å². The molecule has 1 saturated heterocycles. The zero-order valence-electron chi connectivity index (χ0n) is 11.3. The maximum atomic E-state index is 11.5. The van der Waals surface area contributed by atoms with E-state index in [0.717, 1.165) is 31.1 Å². The third kappa shape index (κ3) is 2.73. The summed E-state index contributed by atoms with van der Waals surface area (Å²) in [5.74, 6) is 3.55. The molecule has 19 heavy (non-hydrogen) atoms. The number of amides is 1. The Morgan fingerprint density at radius 2 is 2.42 bits per heavy atom. The van der Waals surface area contributed by atoms with E-state index in [0.29, 0.717) is 0 Å². The average Bonchev–Trinajstić information content (AvgIpc) is 3.05. The van der Waals surface area contributed by atoms with E-state index >= 15 is 0 Å². The summed E-state index contributed by atoms with van der Waals surface area (Å²) in [6.45, 7) is 3.54. The Morgan fingerprint density at radius 1 is 1.53 bits per heavy atom. The third-order valence-corrected chi connectivity index (χ3v) is 5.21. The molecule has 0 bridgehead atoms. The van der Waals surface area contributed by atoms with E-state index in [2.05, 4.69) is 35.3 Å². The van der Waals surface area contributed by atoms with Gasteiger partial charge in [0.05, 0.1) is 0 Å². The monoisotopic (exact) mass is 276 g/mol. The van der Waals surface area contributed by atoms with Crippen LogP contribution in [-0.2, 0) is 11.2 Å². The summed E-state index contributed by atoms with van der Waals surface area (Å²) in [6, 6.07) is 6.39. The van der Waals surface area contributed by atoms with Gasteiger partial charge < -0.3 is 10.2 Å². The summed E-state index contributed by atoms with van der Waals surface area (Å²) in [5.41, 5.74) is 3.58. The smallest absolute Gasteiger partial charge is 0.223 e. The van der Waals surface area contributed by atoms with Crippen molar-refractivity contribution >= 4 is 29.0 Å². The van der Waals surface area contributed by atoms with Gasteiger partial charge in [-0.15, -0.1) is 0 Å². The zero-order chi connectivity index (χ0) is 13.2.